The van der Waals surface area contributed by atoms with Crippen LogP contribution in [0.2, 0.25) is 0 Å². The van der Waals surface area contributed by atoms with E-state index in [-0.39, 0.29) is 23.2 Å². The van der Waals surface area contributed by atoms with Crippen LogP contribution in [0.3, 0.4) is 0 Å². The Bertz CT molecular complexity index is 629. The Balaban J connectivity index is 2.21. The van der Waals surface area contributed by atoms with Gasteiger partial charge in [0, 0.05) is 6.04 Å². The summed E-state index contributed by atoms with van der Waals surface area (Å²) < 4.78 is 28.5. The van der Waals surface area contributed by atoms with Gasteiger partial charge >= 0.3 is 0 Å². The van der Waals surface area contributed by atoms with Crippen molar-refractivity contribution >= 4 is 21.2 Å². The molecule has 2 rings (SSSR count). The number of nitro benzene ring substituents is 1. The van der Waals surface area contributed by atoms with Crippen molar-refractivity contribution in [2.24, 2.45) is 0 Å². The van der Waals surface area contributed by atoms with Gasteiger partial charge in [-0.05, 0) is 31.9 Å². The van der Waals surface area contributed by atoms with Gasteiger partial charge in [0.15, 0.2) is 9.84 Å². The van der Waals surface area contributed by atoms with E-state index < -0.39 is 14.8 Å². The third kappa shape index (κ3) is 4.07. The first-order valence-electron chi connectivity index (χ1n) is 6.79. The molecule has 0 radical (unpaired) electrons. The maximum atomic E-state index is 11.6. The Kier molecular flexibility index (Phi) is 4.66. The summed E-state index contributed by atoms with van der Waals surface area (Å²) in [5, 5.41) is 14.1. The molecule has 1 aliphatic rings. The van der Waals surface area contributed by atoms with Crippen LogP contribution in [0.1, 0.15) is 19.8 Å². The first-order chi connectivity index (χ1) is 9.91. The second kappa shape index (κ2) is 6.30. The maximum Gasteiger partial charge on any atom is 0.296 e. The summed E-state index contributed by atoms with van der Waals surface area (Å²) in [7, 11) is -3.06. The Labute approximate surface area is 123 Å². The molecule has 1 aromatic rings. The highest BCUT2D eigenvalue weighted by Crippen LogP contribution is 2.30. The topological polar surface area (TPSA) is 98.5 Å². The Morgan fingerprint density at radius 3 is 2.86 bits per heavy atom. The lowest BCUT2D eigenvalue weighted by molar-refractivity contribution is -0.384. The molecule has 1 unspecified atom stereocenters. The van der Waals surface area contributed by atoms with Crippen molar-refractivity contribution in [3.05, 3.63) is 28.3 Å². The van der Waals surface area contributed by atoms with Crippen molar-refractivity contribution in [1.29, 1.82) is 0 Å². The van der Waals surface area contributed by atoms with Crippen molar-refractivity contribution in [3.63, 3.8) is 0 Å². The molecule has 0 amide bonds. The predicted molar refractivity (Wildman–Crippen MR) is 79.6 cm³/mol. The molecule has 8 heteroatoms. The lowest BCUT2D eigenvalue weighted by Crippen LogP contribution is -2.34. The minimum absolute atomic E-state index is 0.0113. The number of nitrogens with zero attached hydrogens (tertiary/aromatic N) is 1. The number of nitro groups is 1. The molecule has 1 aliphatic heterocycles. The van der Waals surface area contributed by atoms with Crippen LogP contribution in [0.4, 0.5) is 11.4 Å². The Morgan fingerprint density at radius 2 is 2.24 bits per heavy atom. The van der Waals surface area contributed by atoms with Gasteiger partial charge in [-0.25, -0.2) is 8.42 Å². The van der Waals surface area contributed by atoms with Crippen LogP contribution in [0.5, 0.6) is 5.75 Å². The van der Waals surface area contributed by atoms with E-state index in [1.165, 1.54) is 6.07 Å². The quantitative estimate of drug-likeness (QED) is 0.659. The van der Waals surface area contributed by atoms with Gasteiger partial charge in [0.25, 0.3) is 5.69 Å². The van der Waals surface area contributed by atoms with Crippen LogP contribution in [0, 0.1) is 10.1 Å². The third-order valence-corrected chi connectivity index (χ3v) is 5.12. The van der Waals surface area contributed by atoms with Crippen molar-refractivity contribution in [1.82, 2.24) is 0 Å². The summed E-state index contributed by atoms with van der Waals surface area (Å²) in [5.41, 5.74) is 0.217. The maximum absolute atomic E-state index is 11.6. The number of nitrogens with one attached hydrogen (secondary N) is 1. The monoisotopic (exact) mass is 314 g/mol. The Hall–Kier alpha value is -1.83. The molecule has 0 aromatic heterocycles. The van der Waals surface area contributed by atoms with E-state index in [0.717, 1.165) is 0 Å². The first kappa shape index (κ1) is 15.6. The van der Waals surface area contributed by atoms with E-state index in [2.05, 4.69) is 5.32 Å². The highest BCUT2D eigenvalue weighted by atomic mass is 32.2. The molecule has 21 heavy (non-hydrogen) atoms. The van der Waals surface area contributed by atoms with Crippen LogP contribution in [0.15, 0.2) is 18.2 Å². The number of sulfone groups is 1. The molecular formula is C13H18N2O5S. The molecule has 0 saturated carbocycles. The molecule has 0 aliphatic carbocycles. The normalized spacial score (nSPS) is 20.7. The minimum atomic E-state index is -3.06. The average molecular weight is 314 g/mol. The van der Waals surface area contributed by atoms with Crippen LogP contribution >= 0.6 is 0 Å². The van der Waals surface area contributed by atoms with Gasteiger partial charge in [-0.1, -0.05) is 0 Å². The van der Waals surface area contributed by atoms with Crippen LogP contribution in [-0.2, 0) is 9.84 Å². The van der Waals surface area contributed by atoms with Gasteiger partial charge < -0.3 is 10.1 Å². The lowest BCUT2D eigenvalue weighted by Gasteiger charge is -2.23. The summed E-state index contributed by atoms with van der Waals surface area (Å²) in [4.78, 5) is 10.6. The highest BCUT2D eigenvalue weighted by molar-refractivity contribution is 7.91. The van der Waals surface area contributed by atoms with Crippen molar-refractivity contribution in [2.75, 3.05) is 23.4 Å². The molecule has 1 saturated heterocycles. The first-order valence-corrected chi connectivity index (χ1v) is 8.61. The number of ether oxygens (including phenoxy) is 1. The second-order valence-corrected chi connectivity index (χ2v) is 7.20. The van der Waals surface area contributed by atoms with Crippen LogP contribution < -0.4 is 10.1 Å². The molecule has 1 N–H and O–H groups in total. The zero-order chi connectivity index (χ0) is 15.5. The fraction of sp³-hybridized carbons (Fsp3) is 0.538. The number of benzene rings is 1. The molecule has 116 valence electrons. The summed E-state index contributed by atoms with van der Waals surface area (Å²) in [6, 6.07) is 4.25. The number of hydrogen-bond donors (Lipinski definition) is 1. The summed E-state index contributed by atoms with van der Waals surface area (Å²) >= 11 is 0. The van der Waals surface area contributed by atoms with Crippen molar-refractivity contribution < 1.29 is 18.1 Å². The van der Waals surface area contributed by atoms with Crippen molar-refractivity contribution in [2.45, 2.75) is 25.8 Å². The molecule has 1 heterocycles. The fourth-order valence-electron chi connectivity index (χ4n) is 2.40. The van der Waals surface area contributed by atoms with E-state index >= 15 is 0 Å². The van der Waals surface area contributed by atoms with E-state index in [1.54, 1.807) is 19.1 Å². The van der Waals surface area contributed by atoms with Crippen LogP contribution in [0.25, 0.3) is 0 Å². The third-order valence-electron chi connectivity index (χ3n) is 3.30. The van der Waals surface area contributed by atoms with E-state index in [1.807, 2.05) is 0 Å². The molecule has 0 bridgehead atoms. The summed E-state index contributed by atoms with van der Waals surface area (Å²) in [6.45, 7) is 2.22. The number of rotatable bonds is 5. The largest absolute Gasteiger partial charge is 0.494 e. The Morgan fingerprint density at radius 1 is 1.48 bits per heavy atom. The van der Waals surface area contributed by atoms with Gasteiger partial charge in [0.2, 0.25) is 0 Å². The zero-order valence-electron chi connectivity index (χ0n) is 11.7. The number of hydrogen-bond acceptors (Lipinski definition) is 6. The standard InChI is InChI=1S/C13H18N2O5S/c1-2-20-11-5-6-12(13(8-11)15(16)17)14-10-4-3-7-21(18,19)9-10/h5-6,8,10,14H,2-4,7,9H2,1H3. The van der Waals surface area contributed by atoms with Gasteiger partial charge in [0.1, 0.15) is 11.4 Å². The molecular weight excluding hydrogens is 296 g/mol. The van der Waals surface area contributed by atoms with Crippen LogP contribution in [-0.4, -0.2) is 37.5 Å². The summed E-state index contributed by atoms with van der Waals surface area (Å²) in [6.07, 6.45) is 1.26. The minimum Gasteiger partial charge on any atom is -0.494 e. The lowest BCUT2D eigenvalue weighted by atomic mass is 10.1. The van der Waals surface area contributed by atoms with Crippen molar-refractivity contribution in [3.8, 4) is 5.75 Å². The smallest absolute Gasteiger partial charge is 0.296 e. The van der Waals surface area contributed by atoms with E-state index in [9.17, 15) is 18.5 Å². The molecule has 1 atom stereocenters. The van der Waals surface area contributed by atoms with Gasteiger partial charge in [-0.15, -0.1) is 0 Å². The molecule has 7 nitrogen and oxygen atoms in total. The zero-order valence-corrected chi connectivity index (χ0v) is 12.6. The van der Waals surface area contributed by atoms with E-state index in [4.69, 9.17) is 4.74 Å². The average Bonchev–Trinajstić information content (AvgIpc) is 2.39. The fourth-order valence-corrected chi connectivity index (χ4v) is 4.03. The highest BCUT2D eigenvalue weighted by Gasteiger charge is 2.26. The van der Waals surface area contributed by atoms with Gasteiger partial charge in [-0.2, -0.15) is 0 Å². The second-order valence-electron chi connectivity index (χ2n) is 4.97. The van der Waals surface area contributed by atoms with E-state index in [0.29, 0.717) is 30.9 Å². The molecule has 1 aromatic carbocycles. The number of anilines is 1. The SMILES string of the molecule is CCOc1ccc(NC2CCCS(=O)(=O)C2)c([N+](=O)[O-])c1. The predicted octanol–water partition coefficient (Wildman–Crippen LogP) is 1.98. The molecule has 0 spiro atoms. The summed E-state index contributed by atoms with van der Waals surface area (Å²) in [5.74, 6) is 0.625. The van der Waals surface area contributed by atoms with Gasteiger partial charge in [0.05, 0.1) is 29.1 Å². The van der Waals surface area contributed by atoms with Gasteiger partial charge in [-0.3, -0.25) is 10.1 Å². The molecule has 1 fully saturated rings.